The highest BCUT2D eigenvalue weighted by Crippen LogP contribution is 2.20. The molecule has 1 N–H and O–H groups in total. The lowest BCUT2D eigenvalue weighted by Crippen LogP contribution is -2.22. The highest BCUT2D eigenvalue weighted by atomic mass is 16.6. The summed E-state index contributed by atoms with van der Waals surface area (Å²) in [4.78, 5) is 21.6. The van der Waals surface area contributed by atoms with Crippen LogP contribution in [-0.4, -0.2) is 36.4 Å². The van der Waals surface area contributed by atoms with Crippen LogP contribution in [0.1, 0.15) is 13.3 Å². The number of carboxylic acids is 1. The molecule has 1 heterocycles. The number of rotatable bonds is 3. The van der Waals surface area contributed by atoms with Crippen LogP contribution in [0.25, 0.3) is 0 Å². The van der Waals surface area contributed by atoms with E-state index < -0.39 is 24.0 Å². The number of carbonyl (C=O) groups excluding carboxylic acids is 1. The van der Waals surface area contributed by atoms with Gasteiger partial charge in [-0.1, -0.05) is 0 Å². The van der Waals surface area contributed by atoms with Gasteiger partial charge in [0, 0.05) is 0 Å². The summed E-state index contributed by atoms with van der Waals surface area (Å²) in [5, 5.41) is 8.61. The molecule has 2 atom stereocenters. The fraction of sp³-hybridized carbons (Fsp3) is 0.750. The summed E-state index contributed by atoms with van der Waals surface area (Å²) in [5.74, 6) is -1.97. The zero-order valence-electron chi connectivity index (χ0n) is 7.36. The normalized spacial score (nSPS) is 27.2. The summed E-state index contributed by atoms with van der Waals surface area (Å²) in [6, 6.07) is 0. The summed E-state index contributed by atoms with van der Waals surface area (Å²) in [6.07, 6.45) is -0.477. The Hall–Kier alpha value is -1.10. The second-order valence-electron chi connectivity index (χ2n) is 2.84. The average molecular weight is 188 g/mol. The van der Waals surface area contributed by atoms with Crippen LogP contribution in [0.15, 0.2) is 0 Å². The molecule has 0 aromatic rings. The monoisotopic (exact) mass is 188 g/mol. The summed E-state index contributed by atoms with van der Waals surface area (Å²) >= 11 is 0. The van der Waals surface area contributed by atoms with Gasteiger partial charge in [0.1, 0.15) is 0 Å². The lowest BCUT2D eigenvalue weighted by molar-refractivity contribution is -0.153. The maximum atomic E-state index is 11.1. The van der Waals surface area contributed by atoms with Crippen molar-refractivity contribution >= 4 is 11.9 Å². The molecule has 1 aliphatic rings. The fourth-order valence-corrected chi connectivity index (χ4v) is 1.20. The number of carbonyl (C=O) groups is 2. The molecule has 0 aromatic heterocycles. The molecule has 0 spiro atoms. The number of hydrogen-bond acceptors (Lipinski definition) is 4. The molecule has 0 radical (unpaired) electrons. The number of aliphatic carboxylic acids is 1. The van der Waals surface area contributed by atoms with E-state index in [1.165, 1.54) is 0 Å². The highest BCUT2D eigenvalue weighted by Gasteiger charge is 2.35. The van der Waals surface area contributed by atoms with Crippen LogP contribution in [0.3, 0.4) is 0 Å². The van der Waals surface area contributed by atoms with Crippen LogP contribution in [0.2, 0.25) is 0 Å². The Morgan fingerprint density at radius 3 is 2.77 bits per heavy atom. The van der Waals surface area contributed by atoms with Crippen molar-refractivity contribution in [2.45, 2.75) is 19.4 Å². The average Bonchev–Trinajstić information content (AvgIpc) is 2.52. The van der Waals surface area contributed by atoms with Crippen molar-refractivity contribution in [2.75, 3.05) is 13.2 Å². The molecule has 74 valence electrons. The van der Waals surface area contributed by atoms with Crippen LogP contribution in [0.4, 0.5) is 0 Å². The maximum Gasteiger partial charge on any atom is 0.335 e. The molecule has 0 amide bonds. The first kappa shape index (κ1) is 9.98. The first-order chi connectivity index (χ1) is 6.15. The zero-order valence-corrected chi connectivity index (χ0v) is 7.36. The summed E-state index contributed by atoms with van der Waals surface area (Å²) < 4.78 is 9.68. The molecule has 1 rings (SSSR count). The SMILES string of the molecule is CCOC(=O)[C@H]1C[C@@H](C(=O)O)CO1. The van der Waals surface area contributed by atoms with E-state index in [0.717, 1.165) is 0 Å². The largest absolute Gasteiger partial charge is 0.481 e. The first-order valence-corrected chi connectivity index (χ1v) is 4.16. The third-order valence-corrected chi connectivity index (χ3v) is 1.90. The maximum absolute atomic E-state index is 11.1. The number of carboxylic acid groups (broad SMARTS) is 1. The Balaban J connectivity index is 2.40. The minimum Gasteiger partial charge on any atom is -0.481 e. The van der Waals surface area contributed by atoms with Gasteiger partial charge in [-0.25, -0.2) is 4.79 Å². The molecule has 1 aliphatic heterocycles. The standard InChI is InChI=1S/C8H12O5/c1-2-12-8(11)6-3-5(4-13-6)7(9)10/h5-6H,2-4H2,1H3,(H,9,10)/t5-,6-/m1/s1. The molecule has 1 saturated heterocycles. The Morgan fingerprint density at radius 1 is 1.62 bits per heavy atom. The molecule has 0 unspecified atom stereocenters. The van der Waals surface area contributed by atoms with Gasteiger partial charge >= 0.3 is 11.9 Å². The number of hydrogen-bond donors (Lipinski definition) is 1. The number of ether oxygens (including phenoxy) is 2. The Bertz CT molecular complexity index is 213. The van der Waals surface area contributed by atoms with Crippen LogP contribution >= 0.6 is 0 Å². The van der Waals surface area contributed by atoms with E-state index in [-0.39, 0.29) is 19.6 Å². The minimum atomic E-state index is -0.924. The van der Waals surface area contributed by atoms with Crippen LogP contribution in [0.5, 0.6) is 0 Å². The molecule has 0 aromatic carbocycles. The van der Waals surface area contributed by atoms with E-state index in [1.54, 1.807) is 6.92 Å². The summed E-state index contributed by atoms with van der Waals surface area (Å²) in [7, 11) is 0. The van der Waals surface area contributed by atoms with Gasteiger partial charge in [0.15, 0.2) is 6.10 Å². The van der Waals surface area contributed by atoms with E-state index in [2.05, 4.69) is 0 Å². The van der Waals surface area contributed by atoms with Crippen molar-refractivity contribution in [2.24, 2.45) is 5.92 Å². The Labute approximate surface area is 75.6 Å². The van der Waals surface area contributed by atoms with Gasteiger partial charge < -0.3 is 14.6 Å². The molecule has 0 saturated carbocycles. The lowest BCUT2D eigenvalue weighted by atomic mass is 10.1. The van der Waals surface area contributed by atoms with Crippen molar-refractivity contribution in [1.29, 1.82) is 0 Å². The molecule has 1 fully saturated rings. The second kappa shape index (κ2) is 4.23. The van der Waals surface area contributed by atoms with Gasteiger partial charge in [-0.2, -0.15) is 0 Å². The molecule has 0 aliphatic carbocycles. The minimum absolute atomic E-state index is 0.0960. The Morgan fingerprint density at radius 2 is 2.31 bits per heavy atom. The van der Waals surface area contributed by atoms with Crippen molar-refractivity contribution in [3.05, 3.63) is 0 Å². The van der Waals surface area contributed by atoms with E-state index in [9.17, 15) is 9.59 Å². The van der Waals surface area contributed by atoms with E-state index in [1.807, 2.05) is 0 Å². The predicted octanol–water partition coefficient (Wildman–Crippen LogP) is 0.0392. The smallest absolute Gasteiger partial charge is 0.335 e. The molecular weight excluding hydrogens is 176 g/mol. The quantitative estimate of drug-likeness (QED) is 0.633. The van der Waals surface area contributed by atoms with Crippen LogP contribution in [0, 0.1) is 5.92 Å². The lowest BCUT2D eigenvalue weighted by Gasteiger charge is -2.06. The topological polar surface area (TPSA) is 72.8 Å². The molecule has 5 heteroatoms. The number of esters is 1. The van der Waals surface area contributed by atoms with Crippen molar-refractivity contribution in [3.63, 3.8) is 0 Å². The third-order valence-electron chi connectivity index (χ3n) is 1.90. The molecule has 0 bridgehead atoms. The van der Waals surface area contributed by atoms with Crippen LogP contribution < -0.4 is 0 Å². The van der Waals surface area contributed by atoms with Crippen molar-refractivity contribution in [1.82, 2.24) is 0 Å². The third kappa shape index (κ3) is 2.42. The summed E-state index contributed by atoms with van der Waals surface area (Å²) in [6.45, 7) is 2.08. The zero-order chi connectivity index (χ0) is 9.84. The van der Waals surface area contributed by atoms with Crippen molar-refractivity contribution in [3.8, 4) is 0 Å². The summed E-state index contributed by atoms with van der Waals surface area (Å²) in [5.41, 5.74) is 0. The van der Waals surface area contributed by atoms with E-state index >= 15 is 0 Å². The Kier molecular flexibility index (Phi) is 3.25. The highest BCUT2D eigenvalue weighted by molar-refractivity contribution is 5.77. The first-order valence-electron chi connectivity index (χ1n) is 4.16. The van der Waals surface area contributed by atoms with E-state index in [4.69, 9.17) is 14.6 Å². The molecule has 5 nitrogen and oxygen atoms in total. The van der Waals surface area contributed by atoms with Gasteiger partial charge in [0.05, 0.1) is 19.1 Å². The van der Waals surface area contributed by atoms with Gasteiger partial charge in [-0.15, -0.1) is 0 Å². The van der Waals surface area contributed by atoms with Gasteiger partial charge in [-0.05, 0) is 13.3 Å². The van der Waals surface area contributed by atoms with Gasteiger partial charge in [0.2, 0.25) is 0 Å². The fourth-order valence-electron chi connectivity index (χ4n) is 1.20. The van der Waals surface area contributed by atoms with Crippen molar-refractivity contribution < 1.29 is 24.2 Å². The molecule has 13 heavy (non-hydrogen) atoms. The molecular formula is C8H12O5. The van der Waals surface area contributed by atoms with E-state index in [0.29, 0.717) is 0 Å². The van der Waals surface area contributed by atoms with Gasteiger partial charge in [-0.3, -0.25) is 4.79 Å². The van der Waals surface area contributed by atoms with Crippen LogP contribution in [-0.2, 0) is 19.1 Å². The second-order valence-corrected chi connectivity index (χ2v) is 2.84. The van der Waals surface area contributed by atoms with Gasteiger partial charge in [0.25, 0.3) is 0 Å². The predicted molar refractivity (Wildman–Crippen MR) is 42.1 cm³/mol.